The molecule has 11 heteroatoms. The minimum atomic E-state index is -0.887. The van der Waals surface area contributed by atoms with E-state index in [9.17, 15) is 24.5 Å². The molecule has 1 aromatic heterocycles. The third kappa shape index (κ3) is 3.92. The van der Waals surface area contributed by atoms with Crippen LogP contribution in [0.25, 0.3) is 0 Å². The first-order chi connectivity index (χ1) is 14.9. The number of nitro benzene ring substituents is 1. The molecule has 0 saturated heterocycles. The largest absolute Gasteiger partial charge is 0.437 e. The number of fused-ring (bicyclic) bond motifs is 1. The number of nitrogens with one attached hydrogen (secondary N) is 1. The molecule has 1 aliphatic heterocycles. The van der Waals surface area contributed by atoms with Crippen molar-refractivity contribution >= 4 is 29.1 Å². The van der Waals surface area contributed by atoms with Gasteiger partial charge in [-0.3, -0.25) is 34.4 Å². The first-order valence-electron chi connectivity index (χ1n) is 8.91. The molecule has 154 valence electrons. The van der Waals surface area contributed by atoms with E-state index in [1.54, 1.807) is 18.2 Å². The summed E-state index contributed by atoms with van der Waals surface area (Å²) in [6, 6.07) is 10.2. The number of imide groups is 1. The number of hydrogen-bond acceptors (Lipinski definition) is 8. The lowest BCUT2D eigenvalue weighted by Gasteiger charge is -2.14. The van der Waals surface area contributed by atoms with E-state index in [1.165, 1.54) is 36.8 Å². The number of ether oxygens (including phenoxy) is 1. The van der Waals surface area contributed by atoms with Crippen LogP contribution >= 0.6 is 0 Å². The summed E-state index contributed by atoms with van der Waals surface area (Å²) >= 11 is 0. The van der Waals surface area contributed by atoms with Gasteiger partial charge in [-0.1, -0.05) is 12.1 Å². The predicted octanol–water partition coefficient (Wildman–Crippen LogP) is 2.41. The molecule has 1 N–H and O–H groups in total. The second-order valence-corrected chi connectivity index (χ2v) is 6.37. The number of carbonyl (C=O) groups is 3. The minimum Gasteiger partial charge on any atom is -0.437 e. The lowest BCUT2D eigenvalue weighted by atomic mass is 10.1. The third-order valence-corrected chi connectivity index (χ3v) is 4.36. The Labute approximate surface area is 174 Å². The molecule has 0 saturated carbocycles. The number of nitro groups is 1. The highest BCUT2D eigenvalue weighted by Crippen LogP contribution is 2.30. The van der Waals surface area contributed by atoms with Gasteiger partial charge in [-0.05, 0) is 18.2 Å². The zero-order valence-electron chi connectivity index (χ0n) is 15.7. The number of anilines is 1. The lowest BCUT2D eigenvalue weighted by molar-refractivity contribution is -0.385. The fourth-order valence-electron chi connectivity index (χ4n) is 3.05. The van der Waals surface area contributed by atoms with Crippen molar-refractivity contribution < 1.29 is 24.0 Å². The molecule has 0 aliphatic carbocycles. The van der Waals surface area contributed by atoms with Gasteiger partial charge in [-0.2, -0.15) is 0 Å². The summed E-state index contributed by atoms with van der Waals surface area (Å²) in [4.78, 5) is 56.5. The molecule has 1 aliphatic rings. The maximum absolute atomic E-state index is 12.6. The number of nitrogens with zero attached hydrogens (tertiary/aromatic N) is 4. The molecule has 11 nitrogen and oxygen atoms in total. The molecule has 2 heterocycles. The zero-order valence-corrected chi connectivity index (χ0v) is 15.7. The quantitative estimate of drug-likeness (QED) is 0.364. The number of rotatable bonds is 6. The van der Waals surface area contributed by atoms with E-state index in [2.05, 4.69) is 15.3 Å². The number of benzene rings is 2. The molecule has 0 radical (unpaired) electrons. The Kier molecular flexibility index (Phi) is 5.06. The Morgan fingerprint density at radius 1 is 1.13 bits per heavy atom. The Morgan fingerprint density at radius 3 is 2.68 bits per heavy atom. The van der Waals surface area contributed by atoms with Crippen molar-refractivity contribution in [1.82, 2.24) is 14.9 Å². The molecule has 0 bridgehead atoms. The van der Waals surface area contributed by atoms with Gasteiger partial charge >= 0.3 is 0 Å². The third-order valence-electron chi connectivity index (χ3n) is 4.36. The summed E-state index contributed by atoms with van der Waals surface area (Å²) < 4.78 is 5.54. The van der Waals surface area contributed by atoms with Gasteiger partial charge in [0.05, 0.1) is 16.7 Å². The van der Waals surface area contributed by atoms with Crippen molar-refractivity contribution in [3.8, 4) is 11.6 Å². The van der Waals surface area contributed by atoms with Crippen molar-refractivity contribution in [3.05, 3.63) is 82.3 Å². The Hall–Kier alpha value is -4.67. The van der Waals surface area contributed by atoms with Crippen molar-refractivity contribution in [3.63, 3.8) is 0 Å². The summed E-state index contributed by atoms with van der Waals surface area (Å²) in [6.45, 7) is -0.598. The van der Waals surface area contributed by atoms with Gasteiger partial charge in [-0.15, -0.1) is 0 Å². The maximum atomic E-state index is 12.6. The fourth-order valence-corrected chi connectivity index (χ4v) is 3.05. The van der Waals surface area contributed by atoms with Gasteiger partial charge in [0.25, 0.3) is 17.5 Å². The van der Waals surface area contributed by atoms with Crippen LogP contribution < -0.4 is 10.1 Å². The fraction of sp³-hybridized carbons (Fsp3) is 0.0500. The van der Waals surface area contributed by atoms with Gasteiger partial charge in [0, 0.05) is 30.2 Å². The van der Waals surface area contributed by atoms with Crippen molar-refractivity contribution in [2.75, 3.05) is 11.9 Å². The first-order valence-corrected chi connectivity index (χ1v) is 8.91. The molecule has 0 spiro atoms. The Balaban J connectivity index is 1.47. The minimum absolute atomic E-state index is 0.105. The standard InChI is InChI=1S/C20H13N5O6/c26-16(23-12-3-1-4-13(9-12)31-17-10-21-7-8-22-17)11-24-19(27)14-5-2-6-15(25(29)30)18(14)20(24)28/h1-10H,11H2,(H,23,26). The molecule has 3 aromatic rings. The lowest BCUT2D eigenvalue weighted by Crippen LogP contribution is -2.37. The number of aromatic nitrogens is 2. The van der Waals surface area contributed by atoms with Gasteiger partial charge in [0.15, 0.2) is 0 Å². The number of hydrogen-bond donors (Lipinski definition) is 1. The van der Waals surface area contributed by atoms with Gasteiger partial charge in [0.2, 0.25) is 11.8 Å². The van der Waals surface area contributed by atoms with Gasteiger partial charge in [-0.25, -0.2) is 4.98 Å². The highest BCUT2D eigenvalue weighted by Gasteiger charge is 2.41. The van der Waals surface area contributed by atoms with Gasteiger partial charge in [0.1, 0.15) is 17.9 Å². The summed E-state index contributed by atoms with van der Waals surface area (Å²) in [6.07, 6.45) is 4.39. The van der Waals surface area contributed by atoms with Crippen LogP contribution in [0.5, 0.6) is 11.6 Å². The summed E-state index contributed by atoms with van der Waals surface area (Å²) in [5, 5.41) is 13.7. The van der Waals surface area contributed by atoms with Crippen LogP contribution in [0, 0.1) is 10.1 Å². The molecule has 3 amide bonds. The van der Waals surface area contributed by atoms with Crippen LogP contribution in [0.3, 0.4) is 0 Å². The number of carbonyl (C=O) groups excluding carboxylic acids is 3. The van der Waals surface area contributed by atoms with Crippen molar-refractivity contribution in [1.29, 1.82) is 0 Å². The van der Waals surface area contributed by atoms with Crippen LogP contribution in [0.2, 0.25) is 0 Å². The molecule has 31 heavy (non-hydrogen) atoms. The summed E-state index contributed by atoms with van der Waals surface area (Å²) in [5.41, 5.74) is -0.544. The summed E-state index contributed by atoms with van der Waals surface area (Å²) in [7, 11) is 0. The van der Waals surface area contributed by atoms with E-state index in [0.717, 1.165) is 6.07 Å². The molecule has 4 rings (SSSR count). The van der Waals surface area contributed by atoms with Crippen molar-refractivity contribution in [2.24, 2.45) is 0 Å². The highest BCUT2D eigenvalue weighted by atomic mass is 16.6. The second-order valence-electron chi connectivity index (χ2n) is 6.37. The highest BCUT2D eigenvalue weighted by molar-refractivity contribution is 6.24. The molecule has 0 fully saturated rings. The van der Waals surface area contributed by atoms with Crippen molar-refractivity contribution in [2.45, 2.75) is 0 Å². The molecular weight excluding hydrogens is 406 g/mol. The monoisotopic (exact) mass is 419 g/mol. The van der Waals surface area contributed by atoms with E-state index >= 15 is 0 Å². The second kappa shape index (κ2) is 7.99. The Bertz CT molecular complexity index is 1210. The van der Waals surface area contributed by atoms with Crippen LogP contribution in [-0.2, 0) is 4.79 Å². The smallest absolute Gasteiger partial charge is 0.282 e. The van der Waals surface area contributed by atoms with Crippen LogP contribution in [0.15, 0.2) is 61.1 Å². The Morgan fingerprint density at radius 2 is 1.94 bits per heavy atom. The van der Waals surface area contributed by atoms with E-state index in [1.807, 2.05) is 0 Å². The number of amides is 3. The molecular formula is C20H13N5O6. The van der Waals surface area contributed by atoms with Gasteiger partial charge < -0.3 is 10.1 Å². The van der Waals surface area contributed by atoms with E-state index in [4.69, 9.17) is 4.74 Å². The average Bonchev–Trinajstić information content (AvgIpc) is 2.99. The average molecular weight is 419 g/mol. The van der Waals surface area contributed by atoms with E-state index in [-0.39, 0.29) is 17.0 Å². The van der Waals surface area contributed by atoms with Crippen LogP contribution in [-0.4, -0.2) is 44.1 Å². The van der Waals surface area contributed by atoms with Crippen LogP contribution in [0.1, 0.15) is 20.7 Å². The van der Waals surface area contributed by atoms with E-state index in [0.29, 0.717) is 16.3 Å². The van der Waals surface area contributed by atoms with Crippen LogP contribution in [0.4, 0.5) is 11.4 Å². The topological polar surface area (TPSA) is 145 Å². The first kappa shape index (κ1) is 19.6. The molecule has 2 aromatic carbocycles. The normalized spacial score (nSPS) is 12.5. The maximum Gasteiger partial charge on any atom is 0.282 e. The SMILES string of the molecule is O=C(CN1C(=O)c2cccc([N+](=O)[O-])c2C1=O)Nc1cccc(Oc2cnccn2)c1. The molecule has 0 unspecified atom stereocenters. The molecule has 0 atom stereocenters. The predicted molar refractivity (Wildman–Crippen MR) is 106 cm³/mol. The summed E-state index contributed by atoms with van der Waals surface area (Å²) in [5.74, 6) is -1.66. The zero-order chi connectivity index (χ0) is 22.0. The van der Waals surface area contributed by atoms with E-state index < -0.39 is 34.9 Å².